The van der Waals surface area contributed by atoms with Crippen LogP contribution in [0.5, 0.6) is 11.5 Å². The molecule has 0 fully saturated rings. The Morgan fingerprint density at radius 3 is 2.63 bits per heavy atom. The third-order valence-electron chi connectivity index (χ3n) is 2.51. The van der Waals surface area contributed by atoms with E-state index in [-0.39, 0.29) is 12.5 Å². The number of rotatable bonds is 7. The quantitative estimate of drug-likeness (QED) is 0.829. The van der Waals surface area contributed by atoms with Gasteiger partial charge in [-0.15, -0.1) is 0 Å². The predicted octanol–water partition coefficient (Wildman–Crippen LogP) is 3.65. The van der Waals surface area contributed by atoms with Gasteiger partial charge in [0.1, 0.15) is 0 Å². The van der Waals surface area contributed by atoms with Crippen LogP contribution in [0.25, 0.3) is 0 Å². The Morgan fingerprint density at radius 2 is 2.11 bits per heavy atom. The minimum Gasteiger partial charge on any atom is -0.493 e. The molecule has 19 heavy (non-hydrogen) atoms. The number of carboxylic acid groups (broad SMARTS) is 1. The first kappa shape index (κ1) is 15.8. The second-order valence-corrected chi connectivity index (χ2v) is 5.43. The minimum absolute atomic E-state index is 0.0355. The van der Waals surface area contributed by atoms with Crippen molar-refractivity contribution >= 4 is 21.9 Å². The third kappa shape index (κ3) is 5.11. The Balaban J connectivity index is 2.97. The molecular formula is C14H19BrO4. The predicted molar refractivity (Wildman–Crippen MR) is 77.0 cm³/mol. The van der Waals surface area contributed by atoms with Gasteiger partial charge < -0.3 is 14.6 Å². The van der Waals surface area contributed by atoms with Crippen LogP contribution in [0.2, 0.25) is 0 Å². The van der Waals surface area contributed by atoms with E-state index in [1.54, 1.807) is 7.11 Å². The summed E-state index contributed by atoms with van der Waals surface area (Å²) in [5.74, 6) is 0.577. The normalized spacial score (nSPS) is 10.6. The van der Waals surface area contributed by atoms with E-state index in [2.05, 4.69) is 15.9 Å². The van der Waals surface area contributed by atoms with E-state index in [4.69, 9.17) is 14.6 Å². The van der Waals surface area contributed by atoms with E-state index in [1.165, 1.54) is 0 Å². The van der Waals surface area contributed by atoms with Crippen LogP contribution in [-0.2, 0) is 11.2 Å². The van der Waals surface area contributed by atoms with E-state index >= 15 is 0 Å². The van der Waals surface area contributed by atoms with E-state index in [9.17, 15) is 4.79 Å². The van der Waals surface area contributed by atoms with Gasteiger partial charge >= 0.3 is 5.97 Å². The van der Waals surface area contributed by atoms with Crippen molar-refractivity contribution in [3.05, 3.63) is 22.2 Å². The Kier molecular flexibility index (Phi) is 6.15. The molecule has 1 aromatic rings. The SMILES string of the molecule is COc1cc(Br)cc(CCCC(=O)O)c1OC(C)C. The first-order valence-corrected chi connectivity index (χ1v) is 6.98. The largest absolute Gasteiger partial charge is 0.493 e. The molecule has 0 bridgehead atoms. The molecule has 0 aromatic heterocycles. The lowest BCUT2D eigenvalue weighted by molar-refractivity contribution is -0.137. The summed E-state index contributed by atoms with van der Waals surface area (Å²) < 4.78 is 12.0. The summed E-state index contributed by atoms with van der Waals surface area (Å²) >= 11 is 3.42. The number of hydrogen-bond donors (Lipinski definition) is 1. The minimum atomic E-state index is -0.784. The average molecular weight is 331 g/mol. The Bertz CT molecular complexity index is 443. The Labute approximate surface area is 121 Å². The zero-order valence-electron chi connectivity index (χ0n) is 11.4. The highest BCUT2D eigenvalue weighted by molar-refractivity contribution is 9.10. The van der Waals surface area contributed by atoms with Gasteiger partial charge in [0, 0.05) is 10.9 Å². The van der Waals surface area contributed by atoms with Gasteiger partial charge in [0.15, 0.2) is 11.5 Å². The number of hydrogen-bond acceptors (Lipinski definition) is 3. The molecule has 1 aromatic carbocycles. The number of benzene rings is 1. The zero-order valence-corrected chi connectivity index (χ0v) is 13.0. The number of carbonyl (C=O) groups is 1. The van der Waals surface area contributed by atoms with Crippen LogP contribution in [0.3, 0.4) is 0 Å². The lowest BCUT2D eigenvalue weighted by Crippen LogP contribution is -2.09. The molecule has 0 aliphatic heterocycles. The number of aryl methyl sites for hydroxylation is 1. The molecule has 0 aliphatic carbocycles. The second-order valence-electron chi connectivity index (χ2n) is 4.51. The smallest absolute Gasteiger partial charge is 0.303 e. The molecule has 0 aliphatic rings. The number of carboxylic acids is 1. The van der Waals surface area contributed by atoms with Gasteiger partial charge in [-0.05, 0) is 44.4 Å². The molecule has 0 amide bonds. The van der Waals surface area contributed by atoms with Crippen molar-refractivity contribution in [3.63, 3.8) is 0 Å². The zero-order chi connectivity index (χ0) is 14.4. The summed E-state index contributed by atoms with van der Waals surface area (Å²) in [6.07, 6.45) is 1.40. The first-order chi connectivity index (χ1) is 8.93. The highest BCUT2D eigenvalue weighted by Gasteiger charge is 2.14. The molecule has 0 saturated heterocycles. The van der Waals surface area contributed by atoms with Gasteiger partial charge in [-0.1, -0.05) is 15.9 Å². The van der Waals surface area contributed by atoms with Gasteiger partial charge in [0.05, 0.1) is 13.2 Å². The van der Waals surface area contributed by atoms with Gasteiger partial charge in [-0.3, -0.25) is 4.79 Å². The van der Waals surface area contributed by atoms with Crippen LogP contribution in [0.1, 0.15) is 32.3 Å². The second kappa shape index (κ2) is 7.38. The molecule has 5 heteroatoms. The maximum absolute atomic E-state index is 10.6. The molecule has 1 N–H and O–H groups in total. The van der Waals surface area contributed by atoms with Crippen molar-refractivity contribution in [2.45, 2.75) is 39.2 Å². The van der Waals surface area contributed by atoms with Crippen LogP contribution in [-0.4, -0.2) is 24.3 Å². The van der Waals surface area contributed by atoms with Crippen LogP contribution >= 0.6 is 15.9 Å². The van der Waals surface area contributed by atoms with Crippen molar-refractivity contribution in [3.8, 4) is 11.5 Å². The first-order valence-electron chi connectivity index (χ1n) is 6.19. The summed E-state index contributed by atoms with van der Waals surface area (Å²) in [5, 5.41) is 8.70. The summed E-state index contributed by atoms with van der Waals surface area (Å²) in [7, 11) is 1.59. The van der Waals surface area contributed by atoms with Crippen molar-refractivity contribution in [2.75, 3.05) is 7.11 Å². The van der Waals surface area contributed by atoms with Gasteiger partial charge in [-0.25, -0.2) is 0 Å². The number of aliphatic carboxylic acids is 1. The van der Waals surface area contributed by atoms with Crippen molar-refractivity contribution in [1.29, 1.82) is 0 Å². The number of halogens is 1. The Hall–Kier alpha value is -1.23. The third-order valence-corrected chi connectivity index (χ3v) is 2.96. The van der Waals surface area contributed by atoms with Gasteiger partial charge in [0.25, 0.3) is 0 Å². The van der Waals surface area contributed by atoms with Crippen LogP contribution < -0.4 is 9.47 Å². The molecule has 0 unspecified atom stereocenters. The monoisotopic (exact) mass is 330 g/mol. The molecule has 0 heterocycles. The fourth-order valence-corrected chi connectivity index (χ4v) is 2.24. The van der Waals surface area contributed by atoms with Crippen molar-refractivity contribution < 1.29 is 19.4 Å². The maximum atomic E-state index is 10.6. The number of methoxy groups -OCH3 is 1. The summed E-state index contributed by atoms with van der Waals surface area (Å²) in [6, 6.07) is 3.79. The summed E-state index contributed by atoms with van der Waals surface area (Å²) in [4.78, 5) is 10.6. The molecule has 1 rings (SSSR count). The standard InChI is InChI=1S/C14H19BrO4/c1-9(2)19-14-10(5-4-6-13(16)17)7-11(15)8-12(14)18-3/h7-9H,4-6H2,1-3H3,(H,16,17). The van der Waals surface area contributed by atoms with Crippen LogP contribution in [0.15, 0.2) is 16.6 Å². The van der Waals surface area contributed by atoms with Crippen LogP contribution in [0.4, 0.5) is 0 Å². The summed E-state index contributed by atoms with van der Waals surface area (Å²) in [5.41, 5.74) is 0.959. The van der Waals surface area contributed by atoms with E-state index in [0.717, 1.165) is 10.0 Å². The fraction of sp³-hybridized carbons (Fsp3) is 0.500. The Morgan fingerprint density at radius 1 is 1.42 bits per heavy atom. The molecule has 4 nitrogen and oxygen atoms in total. The topological polar surface area (TPSA) is 55.8 Å². The van der Waals surface area contributed by atoms with Gasteiger partial charge in [0.2, 0.25) is 0 Å². The molecular weight excluding hydrogens is 312 g/mol. The van der Waals surface area contributed by atoms with Crippen LogP contribution in [0, 0.1) is 0 Å². The highest BCUT2D eigenvalue weighted by Crippen LogP contribution is 2.36. The van der Waals surface area contributed by atoms with E-state index in [0.29, 0.717) is 24.3 Å². The maximum Gasteiger partial charge on any atom is 0.303 e. The summed E-state index contributed by atoms with van der Waals surface area (Å²) in [6.45, 7) is 3.89. The highest BCUT2D eigenvalue weighted by atomic mass is 79.9. The molecule has 0 atom stereocenters. The fourth-order valence-electron chi connectivity index (χ4n) is 1.76. The lowest BCUT2D eigenvalue weighted by Gasteiger charge is -2.18. The number of ether oxygens (including phenoxy) is 2. The molecule has 106 valence electrons. The van der Waals surface area contributed by atoms with E-state index in [1.807, 2.05) is 26.0 Å². The lowest BCUT2D eigenvalue weighted by atomic mass is 10.1. The molecule has 0 saturated carbocycles. The van der Waals surface area contributed by atoms with Crippen molar-refractivity contribution in [2.24, 2.45) is 0 Å². The van der Waals surface area contributed by atoms with Gasteiger partial charge in [-0.2, -0.15) is 0 Å². The molecule has 0 radical (unpaired) electrons. The molecule has 0 spiro atoms. The van der Waals surface area contributed by atoms with Crippen molar-refractivity contribution in [1.82, 2.24) is 0 Å². The average Bonchev–Trinajstić information content (AvgIpc) is 2.31. The van der Waals surface area contributed by atoms with E-state index < -0.39 is 5.97 Å².